The number of carboxylic acid groups (broad SMARTS) is 1. The maximum atomic E-state index is 12.1. The lowest BCUT2D eigenvalue weighted by Gasteiger charge is -2.39. The average Bonchev–Trinajstić information content (AvgIpc) is 3.09. The number of likely N-dealkylation sites (tertiary alicyclic amines) is 1. The van der Waals surface area contributed by atoms with Gasteiger partial charge in [-0.2, -0.15) is 0 Å². The highest BCUT2D eigenvalue weighted by molar-refractivity contribution is 6.41. The Morgan fingerprint density at radius 3 is 2.64 bits per heavy atom. The molecule has 1 saturated heterocycles. The molecule has 4 N–H and O–H groups in total. The summed E-state index contributed by atoms with van der Waals surface area (Å²) in [5, 5.41) is 44.9. The van der Waals surface area contributed by atoms with Gasteiger partial charge in [0.25, 0.3) is 0 Å². The third-order valence-corrected chi connectivity index (χ3v) is 4.37. The fourth-order valence-corrected chi connectivity index (χ4v) is 2.86. The number of carboxylic acids is 1. The number of aryl methyl sites for hydroxylation is 1. The second kappa shape index (κ2) is 8.27. The molecule has 1 aromatic carbocycles. The lowest BCUT2D eigenvalue weighted by molar-refractivity contribution is -0.140. The third-order valence-electron chi connectivity index (χ3n) is 4.37. The van der Waals surface area contributed by atoms with E-state index in [2.05, 4.69) is 10.3 Å². The Morgan fingerprint density at radius 2 is 2.04 bits per heavy atom. The molecule has 0 radical (unpaired) electrons. The van der Waals surface area contributed by atoms with Crippen molar-refractivity contribution in [1.82, 2.24) is 19.9 Å². The van der Waals surface area contributed by atoms with Gasteiger partial charge >= 0.3 is 13.1 Å². The van der Waals surface area contributed by atoms with Crippen LogP contribution in [0.5, 0.6) is 11.5 Å². The van der Waals surface area contributed by atoms with Crippen LogP contribution >= 0.6 is 0 Å². The van der Waals surface area contributed by atoms with E-state index in [1.807, 2.05) is 0 Å². The molecular formula is C16H19BN4O7. The van der Waals surface area contributed by atoms with E-state index in [9.17, 15) is 19.8 Å². The highest BCUT2D eigenvalue weighted by Crippen LogP contribution is 2.33. The second-order valence-corrected chi connectivity index (χ2v) is 6.41. The molecule has 1 fully saturated rings. The number of aromatic nitrogens is 3. The molecule has 0 unspecified atom stereocenters. The van der Waals surface area contributed by atoms with Gasteiger partial charge in [-0.05, 0) is 24.4 Å². The topological polar surface area (TPSA) is 158 Å². The van der Waals surface area contributed by atoms with Gasteiger partial charge in [-0.1, -0.05) is 11.3 Å². The molecule has 0 bridgehead atoms. The Labute approximate surface area is 159 Å². The van der Waals surface area contributed by atoms with Crippen molar-refractivity contribution >= 4 is 19.0 Å². The van der Waals surface area contributed by atoms with Gasteiger partial charge in [0.2, 0.25) is 5.91 Å². The molecule has 148 valence electrons. The highest BCUT2D eigenvalue weighted by atomic mass is 16.5. The minimum Gasteiger partial charge on any atom is -0.507 e. The quantitative estimate of drug-likeness (QED) is 0.414. The largest absolute Gasteiger partial charge is 0.507 e. The Bertz CT molecular complexity index is 853. The van der Waals surface area contributed by atoms with E-state index in [1.165, 1.54) is 23.0 Å². The lowest BCUT2D eigenvalue weighted by atomic mass is 9.82. The molecule has 1 amide bonds. The predicted molar refractivity (Wildman–Crippen MR) is 94.8 cm³/mol. The van der Waals surface area contributed by atoms with E-state index < -0.39 is 30.5 Å². The van der Waals surface area contributed by atoms with Crippen molar-refractivity contribution in [3.8, 4) is 11.5 Å². The maximum absolute atomic E-state index is 12.1. The highest BCUT2D eigenvalue weighted by Gasteiger charge is 2.34. The van der Waals surface area contributed by atoms with E-state index in [4.69, 9.17) is 14.8 Å². The van der Waals surface area contributed by atoms with Gasteiger partial charge in [0.05, 0.1) is 19.3 Å². The summed E-state index contributed by atoms with van der Waals surface area (Å²) in [6.45, 7) is 0.622. The summed E-state index contributed by atoms with van der Waals surface area (Å²) in [5.74, 6) is -2.00. The zero-order valence-electron chi connectivity index (χ0n) is 14.8. The van der Waals surface area contributed by atoms with Crippen molar-refractivity contribution < 1.29 is 34.6 Å². The fraction of sp³-hybridized carbons (Fsp3) is 0.375. The second-order valence-electron chi connectivity index (χ2n) is 6.41. The molecule has 12 heteroatoms. The van der Waals surface area contributed by atoms with Crippen molar-refractivity contribution in [3.05, 3.63) is 35.7 Å². The van der Waals surface area contributed by atoms with Gasteiger partial charge in [0, 0.05) is 6.20 Å². The van der Waals surface area contributed by atoms with Gasteiger partial charge in [0.1, 0.15) is 29.7 Å². The van der Waals surface area contributed by atoms with Crippen LogP contribution in [0.15, 0.2) is 24.5 Å². The number of carbonyl (C=O) groups is 2. The Morgan fingerprint density at radius 1 is 1.29 bits per heavy atom. The third kappa shape index (κ3) is 4.40. The van der Waals surface area contributed by atoms with Crippen molar-refractivity contribution in [3.63, 3.8) is 0 Å². The molecule has 0 saturated carbocycles. The standard InChI is InChI=1S/C16H19BN4O7/c22-13(9-21-6-5-18-19-21)20-7-11(8-20)28-12-2-1-10(3-4-17(26)27)15(23)14(12)16(24)25/h1-2,5-6,11,23,26-27H,3-4,7-9H2,(H,24,25). The van der Waals surface area contributed by atoms with E-state index in [-0.39, 0.29) is 49.6 Å². The minimum absolute atomic E-state index is 0.00771. The van der Waals surface area contributed by atoms with Crippen molar-refractivity contribution in [2.24, 2.45) is 0 Å². The van der Waals surface area contributed by atoms with Crippen LogP contribution in [0, 0.1) is 0 Å². The summed E-state index contributed by atoms with van der Waals surface area (Å²) in [4.78, 5) is 25.2. The molecule has 1 aliphatic heterocycles. The molecule has 0 spiro atoms. The molecule has 11 nitrogen and oxygen atoms in total. The van der Waals surface area contributed by atoms with Crippen LogP contribution in [0.2, 0.25) is 6.32 Å². The predicted octanol–water partition coefficient (Wildman–Crippen LogP) is -1.01. The van der Waals surface area contributed by atoms with Gasteiger partial charge in [-0.3, -0.25) is 4.79 Å². The first-order valence-corrected chi connectivity index (χ1v) is 8.58. The average molecular weight is 390 g/mol. The van der Waals surface area contributed by atoms with Crippen LogP contribution in [-0.2, 0) is 17.8 Å². The fourth-order valence-electron chi connectivity index (χ4n) is 2.86. The SMILES string of the molecule is O=C(O)c1c(OC2CN(C(=O)Cn3ccnn3)C2)ccc(CCB(O)O)c1O. The van der Waals surface area contributed by atoms with Crippen molar-refractivity contribution in [2.45, 2.75) is 25.4 Å². The Balaban J connectivity index is 1.62. The molecule has 2 aromatic rings. The molecule has 1 aliphatic rings. The summed E-state index contributed by atoms with van der Waals surface area (Å²) in [7, 11) is -1.56. The van der Waals surface area contributed by atoms with E-state index in [1.54, 1.807) is 11.1 Å². The van der Waals surface area contributed by atoms with Crippen molar-refractivity contribution in [1.29, 1.82) is 0 Å². The molecule has 1 aromatic heterocycles. The van der Waals surface area contributed by atoms with Crippen LogP contribution in [0.3, 0.4) is 0 Å². The van der Waals surface area contributed by atoms with Gasteiger partial charge in [-0.15, -0.1) is 5.10 Å². The number of hydrogen-bond donors (Lipinski definition) is 4. The number of hydrogen-bond acceptors (Lipinski definition) is 8. The number of nitrogens with zero attached hydrogens (tertiary/aromatic N) is 4. The normalized spacial score (nSPS) is 13.9. The molecule has 3 rings (SSSR count). The summed E-state index contributed by atoms with van der Waals surface area (Å²) in [6.07, 6.45) is 2.70. The molecule has 0 atom stereocenters. The zero-order valence-corrected chi connectivity index (χ0v) is 14.8. The minimum atomic E-state index is -1.56. The number of benzene rings is 1. The first-order chi connectivity index (χ1) is 13.3. The van der Waals surface area contributed by atoms with Crippen LogP contribution in [0.25, 0.3) is 0 Å². The van der Waals surface area contributed by atoms with Gasteiger partial charge in [-0.25, -0.2) is 9.48 Å². The van der Waals surface area contributed by atoms with Crippen LogP contribution in [0.4, 0.5) is 0 Å². The zero-order chi connectivity index (χ0) is 20.3. The smallest absolute Gasteiger partial charge is 0.451 e. The first kappa shape index (κ1) is 19.6. The van der Waals surface area contributed by atoms with E-state index >= 15 is 0 Å². The molecule has 28 heavy (non-hydrogen) atoms. The number of phenols is 1. The van der Waals surface area contributed by atoms with Crippen LogP contribution < -0.4 is 4.74 Å². The molecular weight excluding hydrogens is 371 g/mol. The van der Waals surface area contributed by atoms with E-state index in [0.29, 0.717) is 0 Å². The number of aromatic hydroxyl groups is 1. The lowest BCUT2D eigenvalue weighted by Crippen LogP contribution is -2.57. The number of rotatable bonds is 8. The number of ether oxygens (including phenoxy) is 1. The number of aromatic carboxylic acids is 1. The first-order valence-electron chi connectivity index (χ1n) is 8.58. The number of carbonyl (C=O) groups excluding carboxylic acids is 1. The van der Waals surface area contributed by atoms with Gasteiger partial charge in [0.15, 0.2) is 0 Å². The summed E-state index contributed by atoms with van der Waals surface area (Å²) in [6, 6.07) is 2.90. The summed E-state index contributed by atoms with van der Waals surface area (Å²) < 4.78 is 7.05. The molecule has 0 aliphatic carbocycles. The van der Waals surface area contributed by atoms with Crippen molar-refractivity contribution in [2.75, 3.05) is 13.1 Å². The summed E-state index contributed by atoms with van der Waals surface area (Å²) in [5.41, 5.74) is -0.117. The van der Waals surface area contributed by atoms with E-state index in [0.717, 1.165) is 0 Å². The number of amides is 1. The monoisotopic (exact) mass is 390 g/mol. The van der Waals surface area contributed by atoms with Crippen LogP contribution in [-0.4, -0.2) is 78.3 Å². The Hall–Kier alpha value is -3.12. The van der Waals surface area contributed by atoms with Crippen LogP contribution in [0.1, 0.15) is 15.9 Å². The maximum Gasteiger partial charge on any atom is 0.451 e. The Kier molecular flexibility index (Phi) is 5.80. The summed E-state index contributed by atoms with van der Waals surface area (Å²) >= 11 is 0. The molecule has 2 heterocycles. The van der Waals surface area contributed by atoms with Gasteiger partial charge < -0.3 is 29.9 Å².